The van der Waals surface area contributed by atoms with Crippen LogP contribution in [0.2, 0.25) is 0 Å². The largest absolute Gasteiger partial charge is 0.488 e. The number of hydrogen-bond acceptors (Lipinski definition) is 3. The van der Waals surface area contributed by atoms with Gasteiger partial charge in [-0.3, -0.25) is 4.79 Å². The number of benzene rings is 1. The normalized spacial score (nSPS) is 10.9. The Hall–Kier alpha value is -2.51. The van der Waals surface area contributed by atoms with Gasteiger partial charge in [0.25, 0.3) is 0 Å². The van der Waals surface area contributed by atoms with E-state index in [1.807, 2.05) is 0 Å². The molecule has 1 aromatic carbocycles. The van der Waals surface area contributed by atoms with Crippen LogP contribution < -0.4 is 10.5 Å². The fourth-order valence-electron chi connectivity index (χ4n) is 1.26. The third kappa shape index (κ3) is 3.74. The maximum Gasteiger partial charge on any atom is 0.419 e. The number of primary amides is 1. The molecule has 1 rings (SSSR count). The molecule has 20 heavy (non-hydrogen) atoms. The van der Waals surface area contributed by atoms with Gasteiger partial charge < -0.3 is 15.6 Å². The lowest BCUT2D eigenvalue weighted by molar-refractivity contribution is -0.138. The average molecular weight is 289 g/mol. The third-order valence-electron chi connectivity index (χ3n) is 2.27. The van der Waals surface area contributed by atoms with E-state index in [4.69, 9.17) is 15.6 Å². The molecule has 0 aliphatic rings. The first-order valence-electron chi connectivity index (χ1n) is 5.18. The number of alkyl halides is 3. The number of carboxylic acids is 1. The quantitative estimate of drug-likeness (QED) is 0.809. The predicted molar refractivity (Wildman–Crippen MR) is 62.2 cm³/mol. The van der Waals surface area contributed by atoms with Crippen molar-refractivity contribution in [1.29, 1.82) is 0 Å². The van der Waals surface area contributed by atoms with Gasteiger partial charge in [0.05, 0.1) is 11.1 Å². The highest BCUT2D eigenvalue weighted by atomic mass is 19.4. The second kappa shape index (κ2) is 5.64. The van der Waals surface area contributed by atoms with Crippen LogP contribution in [0.15, 0.2) is 30.4 Å². The first-order chi connectivity index (χ1) is 9.12. The molecular formula is C12H10F3NO4. The summed E-state index contributed by atoms with van der Waals surface area (Å²) in [5.74, 6) is -3.01. The summed E-state index contributed by atoms with van der Waals surface area (Å²) in [5, 5.41) is 8.54. The van der Waals surface area contributed by atoms with Crippen molar-refractivity contribution in [3.63, 3.8) is 0 Å². The second-order valence-corrected chi connectivity index (χ2v) is 3.77. The molecule has 0 aromatic heterocycles. The molecule has 0 radical (unpaired) electrons. The summed E-state index contributed by atoms with van der Waals surface area (Å²) in [4.78, 5) is 21.4. The number of carboxylic acid groups (broad SMARTS) is 1. The second-order valence-electron chi connectivity index (χ2n) is 3.77. The molecule has 0 spiro atoms. The Bertz CT molecular complexity index is 566. The minimum atomic E-state index is -4.77. The molecular weight excluding hydrogens is 279 g/mol. The van der Waals surface area contributed by atoms with Crippen molar-refractivity contribution in [1.82, 2.24) is 0 Å². The van der Waals surface area contributed by atoms with Gasteiger partial charge in [-0.15, -0.1) is 0 Å². The summed E-state index contributed by atoms with van der Waals surface area (Å²) < 4.78 is 43.2. The zero-order chi connectivity index (χ0) is 15.5. The topological polar surface area (TPSA) is 89.6 Å². The van der Waals surface area contributed by atoms with E-state index in [0.717, 1.165) is 12.1 Å². The van der Waals surface area contributed by atoms with Gasteiger partial charge in [-0.25, -0.2) is 4.79 Å². The minimum absolute atomic E-state index is 0.332. The summed E-state index contributed by atoms with van der Waals surface area (Å²) in [6, 6.07) is 2.50. The molecule has 0 aliphatic heterocycles. The zero-order valence-electron chi connectivity index (χ0n) is 10.0. The number of nitrogens with two attached hydrogens (primary N) is 1. The summed E-state index contributed by atoms with van der Waals surface area (Å²) >= 11 is 0. The number of amides is 1. The van der Waals surface area contributed by atoms with Crippen molar-refractivity contribution >= 4 is 11.9 Å². The molecule has 0 bridgehead atoms. The van der Waals surface area contributed by atoms with Gasteiger partial charge in [-0.05, 0) is 18.2 Å². The summed E-state index contributed by atoms with van der Waals surface area (Å²) in [7, 11) is 0. The van der Waals surface area contributed by atoms with Crippen LogP contribution in [0.4, 0.5) is 13.2 Å². The first kappa shape index (κ1) is 15.5. The highest BCUT2D eigenvalue weighted by molar-refractivity contribution is 5.93. The van der Waals surface area contributed by atoms with Crippen LogP contribution in [0.25, 0.3) is 0 Å². The monoisotopic (exact) mass is 289 g/mol. The maximum absolute atomic E-state index is 12.8. The van der Waals surface area contributed by atoms with Crippen molar-refractivity contribution in [2.75, 3.05) is 6.61 Å². The lowest BCUT2D eigenvalue weighted by atomic mass is 10.1. The molecule has 0 aliphatic carbocycles. The van der Waals surface area contributed by atoms with E-state index in [1.165, 1.54) is 0 Å². The van der Waals surface area contributed by atoms with Gasteiger partial charge >= 0.3 is 12.1 Å². The van der Waals surface area contributed by atoms with Crippen molar-refractivity contribution in [2.24, 2.45) is 5.73 Å². The van der Waals surface area contributed by atoms with Gasteiger partial charge in [0, 0.05) is 5.56 Å². The highest BCUT2D eigenvalue weighted by Gasteiger charge is 2.35. The van der Waals surface area contributed by atoms with Crippen LogP contribution >= 0.6 is 0 Å². The molecule has 0 heterocycles. The molecule has 108 valence electrons. The third-order valence-corrected chi connectivity index (χ3v) is 2.27. The van der Waals surface area contributed by atoms with Crippen LogP contribution in [0, 0.1) is 0 Å². The Morgan fingerprint density at radius 3 is 2.40 bits per heavy atom. The number of carbonyl (C=O) groups is 2. The number of hydrogen-bond donors (Lipinski definition) is 2. The predicted octanol–water partition coefficient (Wildman–Crippen LogP) is 1.82. The fraction of sp³-hybridized carbons (Fsp3) is 0.167. The molecule has 0 unspecified atom stereocenters. The number of rotatable bonds is 5. The van der Waals surface area contributed by atoms with E-state index in [0.29, 0.717) is 6.07 Å². The molecule has 0 atom stereocenters. The summed E-state index contributed by atoms with van der Waals surface area (Å²) in [6.45, 7) is 2.51. The van der Waals surface area contributed by atoms with E-state index in [2.05, 4.69) is 6.58 Å². The summed E-state index contributed by atoms with van der Waals surface area (Å²) in [6.07, 6.45) is -4.77. The summed E-state index contributed by atoms with van der Waals surface area (Å²) in [5.41, 5.74) is 2.95. The lowest BCUT2D eigenvalue weighted by Crippen LogP contribution is -2.16. The van der Waals surface area contributed by atoms with Crippen LogP contribution in [0.5, 0.6) is 5.75 Å². The van der Waals surface area contributed by atoms with Crippen LogP contribution in [-0.4, -0.2) is 23.6 Å². The first-order valence-corrected chi connectivity index (χ1v) is 5.18. The Balaban J connectivity index is 3.10. The van der Waals surface area contributed by atoms with E-state index in [1.54, 1.807) is 0 Å². The molecule has 1 amide bonds. The molecule has 0 fully saturated rings. The maximum atomic E-state index is 12.8. The Morgan fingerprint density at radius 1 is 1.35 bits per heavy atom. The van der Waals surface area contributed by atoms with Crippen LogP contribution in [0.1, 0.15) is 15.9 Å². The fourth-order valence-corrected chi connectivity index (χ4v) is 1.26. The number of halogens is 3. The van der Waals surface area contributed by atoms with Gasteiger partial charge in [0.1, 0.15) is 12.4 Å². The Labute approximate surface area is 111 Å². The Morgan fingerprint density at radius 2 is 1.95 bits per heavy atom. The van der Waals surface area contributed by atoms with E-state index >= 15 is 0 Å². The van der Waals surface area contributed by atoms with Crippen LogP contribution in [-0.2, 0) is 11.0 Å². The van der Waals surface area contributed by atoms with Gasteiger partial charge in [0.15, 0.2) is 0 Å². The van der Waals surface area contributed by atoms with Gasteiger partial charge in [0.2, 0.25) is 5.91 Å². The van der Waals surface area contributed by atoms with Gasteiger partial charge in [-0.2, -0.15) is 13.2 Å². The average Bonchev–Trinajstić information content (AvgIpc) is 2.34. The number of carbonyl (C=O) groups excluding carboxylic acids is 1. The molecule has 3 N–H and O–H groups in total. The zero-order valence-corrected chi connectivity index (χ0v) is 10.0. The minimum Gasteiger partial charge on any atom is -0.488 e. The molecule has 8 heteroatoms. The van der Waals surface area contributed by atoms with Crippen molar-refractivity contribution in [2.45, 2.75) is 6.18 Å². The van der Waals surface area contributed by atoms with Gasteiger partial charge in [-0.1, -0.05) is 6.58 Å². The van der Waals surface area contributed by atoms with Crippen LogP contribution in [0.3, 0.4) is 0 Å². The van der Waals surface area contributed by atoms with Crippen molar-refractivity contribution in [3.8, 4) is 5.75 Å². The molecule has 0 saturated carbocycles. The SMILES string of the molecule is C=C(COc1ccc(C(N)=O)cc1C(F)(F)F)C(=O)O. The van der Waals surface area contributed by atoms with E-state index < -0.39 is 41.5 Å². The van der Waals surface area contributed by atoms with E-state index in [9.17, 15) is 22.8 Å². The van der Waals surface area contributed by atoms with E-state index in [-0.39, 0.29) is 5.56 Å². The number of ether oxygens (including phenoxy) is 1. The van der Waals surface area contributed by atoms with Crippen molar-refractivity contribution in [3.05, 3.63) is 41.5 Å². The highest BCUT2D eigenvalue weighted by Crippen LogP contribution is 2.36. The van der Waals surface area contributed by atoms with Crippen molar-refractivity contribution < 1.29 is 32.6 Å². The molecule has 1 aromatic rings. The standard InChI is InChI=1S/C12H10F3NO4/c1-6(11(18)19)5-20-9-3-2-7(10(16)17)4-8(9)12(13,14)15/h2-4H,1,5H2,(H2,16,17)(H,18,19). The number of aliphatic carboxylic acids is 1. The smallest absolute Gasteiger partial charge is 0.419 e. The lowest BCUT2D eigenvalue weighted by Gasteiger charge is -2.14. The molecule has 0 saturated heterocycles. The Kier molecular flexibility index (Phi) is 4.38. The molecule has 5 nitrogen and oxygen atoms in total.